The van der Waals surface area contributed by atoms with Gasteiger partial charge in [-0.25, -0.2) is 4.79 Å². The molecular weight excluding hydrogens is 330 g/mol. The van der Waals surface area contributed by atoms with Crippen LogP contribution in [0.1, 0.15) is 23.0 Å². The van der Waals surface area contributed by atoms with E-state index < -0.39 is 18.0 Å². The van der Waals surface area contributed by atoms with Gasteiger partial charge in [0.1, 0.15) is 16.3 Å². The lowest BCUT2D eigenvalue weighted by molar-refractivity contribution is -0.123. The summed E-state index contributed by atoms with van der Waals surface area (Å²) in [7, 11) is 3.26. The Hall–Kier alpha value is -2.61. The lowest BCUT2D eigenvalue weighted by atomic mass is 10.2. The van der Waals surface area contributed by atoms with Gasteiger partial charge in [-0.05, 0) is 49.6 Å². The van der Waals surface area contributed by atoms with Gasteiger partial charge in [-0.2, -0.15) is 4.37 Å². The second-order valence-electron chi connectivity index (χ2n) is 4.99. The van der Waals surface area contributed by atoms with Crippen LogP contribution in [0, 0.1) is 6.92 Å². The number of nitrogens with one attached hydrogen (secondary N) is 2. The molecule has 128 valence electrons. The Morgan fingerprint density at radius 1 is 1.25 bits per heavy atom. The molecule has 1 aromatic carbocycles. The first-order chi connectivity index (χ1) is 11.5. The Bertz CT molecular complexity index is 727. The van der Waals surface area contributed by atoms with Gasteiger partial charge in [0.05, 0.1) is 12.8 Å². The van der Waals surface area contributed by atoms with Crippen LogP contribution < -0.4 is 15.4 Å². The highest BCUT2D eigenvalue weighted by Gasteiger charge is 2.24. The van der Waals surface area contributed by atoms with Crippen LogP contribution in [-0.4, -0.2) is 36.5 Å². The average molecular weight is 349 g/mol. The number of hydrogen-bond donors (Lipinski definition) is 2. The molecule has 1 heterocycles. The fraction of sp³-hybridized carbons (Fsp3) is 0.312. The molecule has 1 aromatic heterocycles. The van der Waals surface area contributed by atoms with Crippen molar-refractivity contribution in [1.82, 2.24) is 4.37 Å². The number of hydrogen-bond acceptors (Lipinski definition) is 7. The average Bonchev–Trinajstić information content (AvgIpc) is 2.96. The van der Waals surface area contributed by atoms with Crippen molar-refractivity contribution in [2.75, 3.05) is 24.8 Å². The molecule has 1 amide bonds. The first-order valence-electron chi connectivity index (χ1n) is 7.26. The SMILES string of the molecule is CNc1snc(C)c1C(=O)OC(C)C(=O)Nc1ccc(OC)cc1. The summed E-state index contributed by atoms with van der Waals surface area (Å²) in [6.45, 7) is 3.24. The maximum absolute atomic E-state index is 12.3. The normalized spacial score (nSPS) is 11.5. The van der Waals surface area contributed by atoms with Crippen LogP contribution in [-0.2, 0) is 9.53 Å². The van der Waals surface area contributed by atoms with Crippen molar-refractivity contribution in [3.8, 4) is 5.75 Å². The maximum Gasteiger partial charge on any atom is 0.343 e. The fourth-order valence-electron chi connectivity index (χ4n) is 1.97. The van der Waals surface area contributed by atoms with Crippen LogP contribution in [0.4, 0.5) is 10.7 Å². The summed E-state index contributed by atoms with van der Waals surface area (Å²) < 4.78 is 14.4. The van der Waals surface area contributed by atoms with Gasteiger partial charge < -0.3 is 20.1 Å². The molecule has 8 heteroatoms. The highest BCUT2D eigenvalue weighted by atomic mass is 32.1. The molecule has 0 saturated heterocycles. The van der Waals surface area contributed by atoms with E-state index in [0.717, 1.165) is 0 Å². The van der Waals surface area contributed by atoms with Crippen molar-refractivity contribution in [1.29, 1.82) is 0 Å². The van der Waals surface area contributed by atoms with Gasteiger partial charge >= 0.3 is 5.97 Å². The summed E-state index contributed by atoms with van der Waals surface area (Å²) in [4.78, 5) is 24.4. The highest BCUT2D eigenvalue weighted by Crippen LogP contribution is 2.25. The van der Waals surface area contributed by atoms with Crippen LogP contribution in [0.25, 0.3) is 0 Å². The molecule has 1 unspecified atom stereocenters. The monoisotopic (exact) mass is 349 g/mol. The molecule has 0 bridgehead atoms. The lowest BCUT2D eigenvalue weighted by Gasteiger charge is -2.14. The predicted octanol–water partition coefficient (Wildman–Crippen LogP) is 2.69. The van der Waals surface area contributed by atoms with Crippen molar-refractivity contribution < 1.29 is 19.1 Å². The molecule has 0 aliphatic rings. The first kappa shape index (κ1) is 17.7. The molecule has 0 fully saturated rings. The number of carbonyl (C=O) groups excluding carboxylic acids is 2. The zero-order chi connectivity index (χ0) is 17.7. The molecular formula is C16H19N3O4S. The van der Waals surface area contributed by atoms with E-state index in [2.05, 4.69) is 15.0 Å². The number of esters is 1. The molecule has 0 saturated carbocycles. The highest BCUT2D eigenvalue weighted by molar-refractivity contribution is 7.10. The zero-order valence-corrected chi connectivity index (χ0v) is 14.7. The zero-order valence-electron chi connectivity index (χ0n) is 13.9. The van der Waals surface area contributed by atoms with Gasteiger partial charge in [-0.15, -0.1) is 0 Å². The standard InChI is InChI=1S/C16H19N3O4S/c1-9-13(15(17-3)24-19-9)16(21)23-10(2)14(20)18-11-5-7-12(22-4)8-6-11/h5-8,10,17H,1-4H3,(H,18,20). The van der Waals surface area contributed by atoms with E-state index in [1.165, 1.54) is 18.5 Å². The number of aryl methyl sites for hydroxylation is 1. The van der Waals surface area contributed by atoms with E-state index >= 15 is 0 Å². The summed E-state index contributed by atoms with van der Waals surface area (Å²) in [6.07, 6.45) is -0.941. The molecule has 0 aliphatic heterocycles. The van der Waals surface area contributed by atoms with Crippen LogP contribution in [0.15, 0.2) is 24.3 Å². The predicted molar refractivity (Wildman–Crippen MR) is 92.9 cm³/mol. The van der Waals surface area contributed by atoms with Gasteiger partial charge in [0.15, 0.2) is 6.10 Å². The molecule has 0 aliphatic carbocycles. The van der Waals surface area contributed by atoms with Crippen LogP contribution in [0.2, 0.25) is 0 Å². The summed E-state index contributed by atoms with van der Waals surface area (Å²) in [5.41, 5.74) is 1.51. The molecule has 2 N–H and O–H groups in total. The maximum atomic E-state index is 12.3. The largest absolute Gasteiger partial charge is 0.497 e. The lowest BCUT2D eigenvalue weighted by Crippen LogP contribution is -2.30. The Morgan fingerprint density at radius 3 is 2.50 bits per heavy atom. The molecule has 24 heavy (non-hydrogen) atoms. The number of rotatable bonds is 6. The van der Waals surface area contributed by atoms with Crippen molar-refractivity contribution in [3.05, 3.63) is 35.5 Å². The number of aromatic nitrogens is 1. The van der Waals surface area contributed by atoms with E-state index in [9.17, 15) is 9.59 Å². The minimum absolute atomic E-state index is 0.353. The Kier molecular flexibility index (Phi) is 5.75. The number of amides is 1. The van der Waals surface area contributed by atoms with Gasteiger partial charge in [0.25, 0.3) is 5.91 Å². The Morgan fingerprint density at radius 2 is 1.92 bits per heavy atom. The number of nitrogens with zero attached hydrogens (tertiary/aromatic N) is 1. The quantitative estimate of drug-likeness (QED) is 0.780. The van der Waals surface area contributed by atoms with Crippen LogP contribution in [0.5, 0.6) is 5.75 Å². The number of methoxy groups -OCH3 is 1. The van der Waals surface area contributed by atoms with E-state index in [-0.39, 0.29) is 0 Å². The van der Waals surface area contributed by atoms with Crippen molar-refractivity contribution >= 4 is 34.1 Å². The number of benzene rings is 1. The summed E-state index contributed by atoms with van der Waals surface area (Å²) in [5.74, 6) is -0.309. The molecule has 2 rings (SSSR count). The number of anilines is 2. The number of ether oxygens (including phenoxy) is 2. The second-order valence-corrected chi connectivity index (χ2v) is 5.76. The van der Waals surface area contributed by atoms with Gasteiger partial charge in [0.2, 0.25) is 0 Å². The first-order valence-corrected chi connectivity index (χ1v) is 8.03. The van der Waals surface area contributed by atoms with Crippen molar-refractivity contribution in [2.24, 2.45) is 0 Å². The smallest absolute Gasteiger partial charge is 0.343 e. The second kappa shape index (κ2) is 7.78. The van der Waals surface area contributed by atoms with E-state index in [4.69, 9.17) is 9.47 Å². The fourth-order valence-corrected chi connectivity index (χ4v) is 2.71. The van der Waals surface area contributed by atoms with Crippen LogP contribution in [0.3, 0.4) is 0 Å². The van der Waals surface area contributed by atoms with Crippen LogP contribution >= 0.6 is 11.5 Å². The number of carbonyl (C=O) groups is 2. The molecule has 0 radical (unpaired) electrons. The minimum Gasteiger partial charge on any atom is -0.497 e. The van der Waals surface area contributed by atoms with Crippen molar-refractivity contribution in [3.63, 3.8) is 0 Å². The molecule has 2 aromatic rings. The summed E-state index contributed by atoms with van der Waals surface area (Å²) in [5, 5.41) is 6.19. The molecule has 7 nitrogen and oxygen atoms in total. The topological polar surface area (TPSA) is 89.5 Å². The van der Waals surface area contributed by atoms with Gasteiger partial charge in [-0.1, -0.05) is 0 Å². The molecule has 1 atom stereocenters. The summed E-state index contributed by atoms with van der Waals surface area (Å²) in [6, 6.07) is 6.87. The summed E-state index contributed by atoms with van der Waals surface area (Å²) >= 11 is 1.17. The third-order valence-electron chi connectivity index (χ3n) is 3.30. The van der Waals surface area contributed by atoms with E-state index in [1.807, 2.05) is 0 Å². The van der Waals surface area contributed by atoms with Gasteiger partial charge in [0, 0.05) is 12.7 Å². The molecule has 0 spiro atoms. The Labute approximate surface area is 144 Å². The third kappa shape index (κ3) is 4.02. The third-order valence-corrected chi connectivity index (χ3v) is 4.26. The van der Waals surface area contributed by atoms with E-state index in [1.54, 1.807) is 45.3 Å². The minimum atomic E-state index is -0.941. The van der Waals surface area contributed by atoms with Crippen molar-refractivity contribution in [2.45, 2.75) is 20.0 Å². The Balaban J connectivity index is 2.00. The van der Waals surface area contributed by atoms with E-state index in [0.29, 0.717) is 27.7 Å². The van der Waals surface area contributed by atoms with Gasteiger partial charge in [-0.3, -0.25) is 4.79 Å².